The maximum absolute atomic E-state index is 12.7. The monoisotopic (exact) mass is 472 g/mol. The first kappa shape index (κ1) is 21.7. The third kappa shape index (κ3) is 4.57. The Morgan fingerprint density at radius 3 is 2.58 bits per heavy atom. The summed E-state index contributed by atoms with van der Waals surface area (Å²) in [5.41, 5.74) is 4.08. The molecule has 1 N–H and O–H groups in total. The second-order valence-electron chi connectivity index (χ2n) is 7.33. The number of nitrogens with one attached hydrogen (secondary N) is 1. The van der Waals surface area contributed by atoms with Gasteiger partial charge in [-0.3, -0.25) is 4.79 Å². The Kier molecular flexibility index (Phi) is 6.24. The second-order valence-corrected chi connectivity index (χ2v) is 8.58. The lowest BCUT2D eigenvalue weighted by atomic mass is 9.98. The van der Waals surface area contributed by atoms with E-state index in [2.05, 4.69) is 36.3 Å². The first-order valence-corrected chi connectivity index (χ1v) is 11.0. The molecule has 0 aliphatic heterocycles. The van der Waals surface area contributed by atoms with Gasteiger partial charge < -0.3 is 9.73 Å². The number of amides is 1. The van der Waals surface area contributed by atoms with Gasteiger partial charge in [-0.2, -0.15) is 0 Å². The van der Waals surface area contributed by atoms with Gasteiger partial charge in [-0.05, 0) is 66.4 Å². The minimum absolute atomic E-state index is 0.259. The van der Waals surface area contributed by atoms with Crippen molar-refractivity contribution in [1.29, 1.82) is 0 Å². The number of carbonyl (C=O) groups is 1. The molecule has 158 valence electrons. The Morgan fingerprint density at radius 2 is 1.81 bits per heavy atom. The molecule has 3 aromatic carbocycles. The van der Waals surface area contributed by atoms with Crippen molar-refractivity contribution < 1.29 is 9.21 Å². The van der Waals surface area contributed by atoms with Crippen LogP contribution >= 0.6 is 34.8 Å². The van der Waals surface area contributed by atoms with E-state index in [1.807, 2.05) is 6.07 Å². The van der Waals surface area contributed by atoms with E-state index in [0.29, 0.717) is 43.7 Å². The highest BCUT2D eigenvalue weighted by atomic mass is 35.5. The van der Waals surface area contributed by atoms with Crippen LogP contribution in [-0.4, -0.2) is 10.9 Å². The summed E-state index contributed by atoms with van der Waals surface area (Å²) in [6.45, 7) is 4.34. The average Bonchev–Trinajstić information content (AvgIpc) is 3.19. The summed E-state index contributed by atoms with van der Waals surface area (Å²) in [5.74, 6) is 0.478. The normalized spacial score (nSPS) is 12.2. The van der Waals surface area contributed by atoms with Crippen molar-refractivity contribution >= 4 is 57.5 Å². The number of nitrogens with zero attached hydrogens (tertiary/aromatic N) is 1. The van der Waals surface area contributed by atoms with Crippen LogP contribution in [0.25, 0.3) is 22.6 Å². The summed E-state index contributed by atoms with van der Waals surface area (Å²) < 4.78 is 5.94. The highest BCUT2D eigenvalue weighted by Crippen LogP contribution is 2.32. The Hall–Kier alpha value is -2.53. The van der Waals surface area contributed by atoms with E-state index in [1.54, 1.807) is 30.3 Å². The number of oxazole rings is 1. The Labute approximate surface area is 195 Å². The predicted octanol–water partition coefficient (Wildman–Crippen LogP) is 8.22. The number of aromatic nitrogens is 1. The summed E-state index contributed by atoms with van der Waals surface area (Å²) in [5, 5.41) is 3.88. The Bertz CT molecular complexity index is 1280. The molecule has 0 aliphatic carbocycles. The SMILES string of the molecule is CC[C@H](C)c1ccc2oc(-c3ccc(Cl)c(NC(=O)c4cc(Cl)ccc4Cl)c3)nc2c1. The first-order chi connectivity index (χ1) is 14.9. The number of rotatable bonds is 5. The number of fused-ring (bicyclic) bond motifs is 1. The number of carbonyl (C=O) groups excluding carboxylic acids is 1. The standard InChI is InChI=1S/C24H19Cl3N2O2/c1-3-13(2)14-5-9-22-21(10-14)29-24(31-22)15-4-7-19(27)20(11-15)28-23(30)17-12-16(25)6-8-18(17)26/h4-13H,3H2,1-2H3,(H,28,30)/t13-/m0/s1. The molecular formula is C24H19Cl3N2O2. The zero-order chi connectivity index (χ0) is 22.1. The number of benzene rings is 3. The van der Waals surface area contributed by atoms with Crippen LogP contribution in [0, 0.1) is 0 Å². The van der Waals surface area contributed by atoms with Crippen LogP contribution in [0.15, 0.2) is 59.0 Å². The molecule has 31 heavy (non-hydrogen) atoms. The molecule has 0 aliphatic rings. The number of hydrogen-bond donors (Lipinski definition) is 1. The molecule has 0 fully saturated rings. The quantitative estimate of drug-likeness (QED) is 0.317. The van der Waals surface area contributed by atoms with Crippen molar-refractivity contribution in [2.45, 2.75) is 26.2 Å². The van der Waals surface area contributed by atoms with Gasteiger partial charge in [0.2, 0.25) is 5.89 Å². The number of hydrogen-bond acceptors (Lipinski definition) is 3. The Morgan fingerprint density at radius 1 is 1.03 bits per heavy atom. The van der Waals surface area contributed by atoms with Crippen molar-refractivity contribution in [2.24, 2.45) is 0 Å². The molecule has 0 bridgehead atoms. The molecule has 1 atom stereocenters. The smallest absolute Gasteiger partial charge is 0.257 e. The lowest BCUT2D eigenvalue weighted by Crippen LogP contribution is -2.13. The molecule has 7 heteroatoms. The van der Waals surface area contributed by atoms with Gasteiger partial charge in [-0.1, -0.05) is 54.7 Å². The lowest BCUT2D eigenvalue weighted by molar-refractivity contribution is 0.102. The highest BCUT2D eigenvalue weighted by molar-refractivity contribution is 6.37. The molecule has 1 amide bonds. The molecule has 4 aromatic rings. The van der Waals surface area contributed by atoms with Crippen molar-refractivity contribution in [2.75, 3.05) is 5.32 Å². The van der Waals surface area contributed by atoms with Gasteiger partial charge in [0.1, 0.15) is 5.52 Å². The van der Waals surface area contributed by atoms with Gasteiger partial charge in [-0.15, -0.1) is 0 Å². The third-order valence-electron chi connectivity index (χ3n) is 5.23. The number of halogens is 3. The fourth-order valence-electron chi connectivity index (χ4n) is 3.23. The topological polar surface area (TPSA) is 55.1 Å². The lowest BCUT2D eigenvalue weighted by Gasteiger charge is -2.10. The fraction of sp³-hybridized carbons (Fsp3) is 0.167. The van der Waals surface area contributed by atoms with Crippen LogP contribution < -0.4 is 5.32 Å². The summed E-state index contributed by atoms with van der Waals surface area (Å²) >= 11 is 18.4. The van der Waals surface area contributed by atoms with E-state index in [1.165, 1.54) is 11.6 Å². The molecule has 4 rings (SSSR count). The molecular weight excluding hydrogens is 455 g/mol. The fourth-order valence-corrected chi connectivity index (χ4v) is 3.77. The van der Waals surface area contributed by atoms with Crippen molar-refractivity contribution in [3.8, 4) is 11.5 Å². The van der Waals surface area contributed by atoms with Crippen molar-refractivity contribution in [3.05, 3.63) is 80.8 Å². The molecule has 1 heterocycles. The van der Waals surface area contributed by atoms with E-state index in [4.69, 9.17) is 39.2 Å². The van der Waals surface area contributed by atoms with Crippen LogP contribution in [0.5, 0.6) is 0 Å². The van der Waals surface area contributed by atoms with Gasteiger partial charge in [0.05, 0.1) is 21.3 Å². The molecule has 0 spiro atoms. The highest BCUT2D eigenvalue weighted by Gasteiger charge is 2.16. The summed E-state index contributed by atoms with van der Waals surface area (Å²) in [6.07, 6.45) is 1.05. The zero-order valence-electron chi connectivity index (χ0n) is 16.9. The summed E-state index contributed by atoms with van der Waals surface area (Å²) in [4.78, 5) is 17.3. The molecule has 4 nitrogen and oxygen atoms in total. The molecule has 0 saturated heterocycles. The maximum Gasteiger partial charge on any atom is 0.257 e. The van der Waals surface area contributed by atoms with E-state index in [-0.39, 0.29) is 5.56 Å². The van der Waals surface area contributed by atoms with Crippen molar-refractivity contribution in [3.63, 3.8) is 0 Å². The predicted molar refractivity (Wildman–Crippen MR) is 128 cm³/mol. The first-order valence-electron chi connectivity index (χ1n) is 9.82. The summed E-state index contributed by atoms with van der Waals surface area (Å²) in [7, 11) is 0. The largest absolute Gasteiger partial charge is 0.436 e. The van der Waals surface area contributed by atoms with Crippen LogP contribution in [0.4, 0.5) is 5.69 Å². The van der Waals surface area contributed by atoms with Gasteiger partial charge in [0.25, 0.3) is 5.91 Å². The van der Waals surface area contributed by atoms with Gasteiger partial charge >= 0.3 is 0 Å². The van der Waals surface area contributed by atoms with Gasteiger partial charge in [0, 0.05) is 10.6 Å². The van der Waals surface area contributed by atoms with E-state index >= 15 is 0 Å². The molecule has 0 saturated carbocycles. The minimum Gasteiger partial charge on any atom is -0.436 e. The van der Waals surface area contributed by atoms with E-state index in [9.17, 15) is 4.79 Å². The van der Waals surface area contributed by atoms with E-state index < -0.39 is 5.91 Å². The van der Waals surface area contributed by atoms with Gasteiger partial charge in [-0.25, -0.2) is 4.98 Å². The Balaban J connectivity index is 1.66. The van der Waals surface area contributed by atoms with Crippen LogP contribution in [0.2, 0.25) is 15.1 Å². The molecule has 0 radical (unpaired) electrons. The second kappa shape index (κ2) is 8.91. The van der Waals surface area contributed by atoms with Crippen molar-refractivity contribution in [1.82, 2.24) is 4.98 Å². The van der Waals surface area contributed by atoms with Crippen LogP contribution in [-0.2, 0) is 0 Å². The van der Waals surface area contributed by atoms with Crippen LogP contribution in [0.3, 0.4) is 0 Å². The van der Waals surface area contributed by atoms with E-state index in [0.717, 1.165) is 11.9 Å². The summed E-state index contributed by atoms with van der Waals surface area (Å²) in [6, 6.07) is 16.0. The third-order valence-corrected chi connectivity index (χ3v) is 6.12. The van der Waals surface area contributed by atoms with Gasteiger partial charge in [0.15, 0.2) is 5.58 Å². The zero-order valence-corrected chi connectivity index (χ0v) is 19.1. The average molecular weight is 474 g/mol. The number of anilines is 1. The van der Waals surface area contributed by atoms with Crippen LogP contribution in [0.1, 0.15) is 42.1 Å². The minimum atomic E-state index is -0.415. The molecule has 1 aromatic heterocycles. The maximum atomic E-state index is 12.7. The molecule has 0 unspecified atom stereocenters.